The number of ether oxygens (including phenoxy) is 1. The molecule has 9 nitrogen and oxygen atoms in total. The van der Waals surface area contributed by atoms with Crippen LogP contribution in [0.1, 0.15) is 22.4 Å². The van der Waals surface area contributed by atoms with Gasteiger partial charge in [0.2, 0.25) is 5.91 Å². The maximum Gasteiger partial charge on any atom is 0.236 e. The average Bonchev–Trinajstić information content (AvgIpc) is 3.16. The van der Waals surface area contributed by atoms with E-state index < -0.39 is 0 Å². The van der Waals surface area contributed by atoms with Crippen LogP contribution in [0.4, 0.5) is 17.2 Å². The molecule has 0 spiro atoms. The van der Waals surface area contributed by atoms with Gasteiger partial charge in [-0.3, -0.25) is 4.79 Å². The second-order valence-corrected chi connectivity index (χ2v) is 9.05. The number of nitrogens with zero attached hydrogens (tertiary/aromatic N) is 3. The summed E-state index contributed by atoms with van der Waals surface area (Å²) in [5, 5.41) is 15.4. The molecule has 32 heavy (non-hydrogen) atoms. The predicted octanol–water partition coefficient (Wildman–Crippen LogP) is 2.56. The Morgan fingerprint density at radius 1 is 1.41 bits per heavy atom. The van der Waals surface area contributed by atoms with Gasteiger partial charge in [0, 0.05) is 48.5 Å². The fourth-order valence-corrected chi connectivity index (χ4v) is 5.17. The second kappa shape index (κ2) is 9.09. The van der Waals surface area contributed by atoms with Crippen molar-refractivity contribution in [3.05, 3.63) is 34.5 Å². The average molecular weight is 454 g/mol. The highest BCUT2D eigenvalue weighted by Crippen LogP contribution is 2.40. The van der Waals surface area contributed by atoms with Crippen LogP contribution < -0.4 is 21.1 Å². The van der Waals surface area contributed by atoms with Crippen LogP contribution in [0.3, 0.4) is 0 Å². The number of nitrogen functional groups attached to an aromatic ring is 1. The summed E-state index contributed by atoms with van der Waals surface area (Å²) in [6.07, 6.45) is 5.46. The number of rotatable bonds is 7. The Bertz CT molecular complexity index is 1170. The number of benzene rings is 1. The highest BCUT2D eigenvalue weighted by atomic mass is 32.1. The van der Waals surface area contributed by atoms with Gasteiger partial charge in [0.25, 0.3) is 0 Å². The summed E-state index contributed by atoms with van der Waals surface area (Å²) >= 11 is 1.67. The minimum absolute atomic E-state index is 0.0752. The van der Waals surface area contributed by atoms with Gasteiger partial charge < -0.3 is 31.4 Å². The zero-order valence-electron chi connectivity index (χ0n) is 18.4. The number of hydrogen-bond donors (Lipinski definition) is 4. The van der Waals surface area contributed by atoms with Crippen molar-refractivity contribution in [1.29, 1.82) is 5.41 Å². The fraction of sp³-hybridized carbons (Fsp3) is 0.364. The van der Waals surface area contributed by atoms with Crippen LogP contribution in [0, 0.1) is 5.41 Å². The lowest BCUT2D eigenvalue weighted by molar-refractivity contribution is -0.127. The van der Waals surface area contributed by atoms with E-state index in [0.29, 0.717) is 35.1 Å². The Kier molecular flexibility index (Phi) is 6.24. The van der Waals surface area contributed by atoms with Crippen LogP contribution in [0.15, 0.2) is 18.5 Å². The van der Waals surface area contributed by atoms with E-state index in [1.807, 2.05) is 0 Å². The molecule has 4 rings (SSSR count). The van der Waals surface area contributed by atoms with E-state index in [2.05, 4.69) is 20.6 Å². The molecule has 1 atom stereocenters. The number of methoxy groups -OCH3 is 1. The first-order chi connectivity index (χ1) is 15.4. The molecule has 0 saturated carbocycles. The Labute approximate surface area is 190 Å². The second-order valence-electron chi connectivity index (χ2n) is 7.97. The molecule has 0 bridgehead atoms. The molecule has 0 fully saturated rings. The third-order valence-electron chi connectivity index (χ3n) is 5.70. The predicted molar refractivity (Wildman–Crippen MR) is 128 cm³/mol. The summed E-state index contributed by atoms with van der Waals surface area (Å²) in [5.74, 6) is 1.37. The van der Waals surface area contributed by atoms with Gasteiger partial charge in [0.1, 0.15) is 22.7 Å². The summed E-state index contributed by atoms with van der Waals surface area (Å²) in [7, 11) is 5.12. The van der Waals surface area contributed by atoms with Crippen molar-refractivity contribution in [3.63, 3.8) is 0 Å². The summed E-state index contributed by atoms with van der Waals surface area (Å²) in [6, 6.07) is 3.75. The first-order valence-electron chi connectivity index (χ1n) is 10.3. The van der Waals surface area contributed by atoms with Gasteiger partial charge in [-0.1, -0.05) is 0 Å². The van der Waals surface area contributed by atoms with E-state index in [0.717, 1.165) is 29.5 Å². The van der Waals surface area contributed by atoms with Crippen LogP contribution >= 0.6 is 11.3 Å². The van der Waals surface area contributed by atoms with Crippen molar-refractivity contribution in [1.82, 2.24) is 20.2 Å². The van der Waals surface area contributed by atoms with E-state index in [9.17, 15) is 4.79 Å². The molecular formula is C22H27N7O2S. The van der Waals surface area contributed by atoms with E-state index >= 15 is 0 Å². The molecule has 10 heteroatoms. The molecule has 1 amide bonds. The Balaban J connectivity index is 1.63. The molecule has 1 unspecified atom stereocenters. The number of amides is 1. The normalized spacial score (nSPS) is 15.3. The van der Waals surface area contributed by atoms with Gasteiger partial charge in [-0.15, -0.1) is 11.3 Å². The molecule has 3 aromatic rings. The van der Waals surface area contributed by atoms with Gasteiger partial charge in [0.15, 0.2) is 0 Å². The summed E-state index contributed by atoms with van der Waals surface area (Å²) in [6.45, 7) is 0.344. The molecular weight excluding hydrogens is 426 g/mol. The quantitative estimate of drug-likeness (QED) is 0.320. The monoisotopic (exact) mass is 453 g/mol. The molecule has 1 aliphatic rings. The van der Waals surface area contributed by atoms with E-state index in [1.165, 1.54) is 16.7 Å². The number of aromatic nitrogens is 2. The molecule has 1 aliphatic carbocycles. The first-order valence-corrected chi connectivity index (χ1v) is 11.2. The minimum Gasteiger partial charge on any atom is -0.494 e. The third kappa shape index (κ3) is 4.23. The Morgan fingerprint density at radius 3 is 2.94 bits per heavy atom. The Morgan fingerprint density at radius 2 is 2.22 bits per heavy atom. The Hall–Kier alpha value is -3.24. The van der Waals surface area contributed by atoms with Crippen molar-refractivity contribution < 1.29 is 9.53 Å². The van der Waals surface area contributed by atoms with E-state index in [1.54, 1.807) is 55.9 Å². The van der Waals surface area contributed by atoms with Crippen molar-refractivity contribution in [3.8, 4) is 5.75 Å². The third-order valence-corrected chi connectivity index (χ3v) is 6.86. The number of nitrogens with two attached hydrogens (primary N) is 1. The van der Waals surface area contributed by atoms with Gasteiger partial charge >= 0.3 is 0 Å². The highest BCUT2D eigenvalue weighted by Gasteiger charge is 2.26. The van der Waals surface area contributed by atoms with Crippen molar-refractivity contribution in [2.24, 2.45) is 0 Å². The number of aryl methyl sites for hydroxylation is 1. The number of carbonyl (C=O) groups excluding carboxylic acids is 1. The largest absolute Gasteiger partial charge is 0.494 e. The fourth-order valence-electron chi connectivity index (χ4n) is 3.90. The number of hydrogen-bond acceptors (Lipinski definition) is 9. The van der Waals surface area contributed by atoms with Crippen LogP contribution in [-0.2, 0) is 17.6 Å². The van der Waals surface area contributed by atoms with Crippen molar-refractivity contribution in [2.45, 2.75) is 25.3 Å². The van der Waals surface area contributed by atoms with Crippen molar-refractivity contribution in [2.75, 3.05) is 38.8 Å². The number of nitrogens with one attached hydrogen (secondary N) is 3. The molecule has 1 aromatic carbocycles. The lowest BCUT2D eigenvalue weighted by Crippen LogP contribution is -2.41. The highest BCUT2D eigenvalue weighted by molar-refractivity contribution is 7.19. The smallest absolute Gasteiger partial charge is 0.236 e. The molecule has 168 valence electrons. The standard InChI is InChI=1S/C22H27N7O2S/c1-29(2)19(30)10-25-13-4-5-14-18(7-13)32-22-20(14)21(26-11-27-22)28-16-6-12(9-23)15(24)8-17(16)31-3/h6,8-9,11,13,23,25H,4-5,7,10,24H2,1-3H3,(H,26,27,28). The zero-order chi connectivity index (χ0) is 22.8. The lowest BCUT2D eigenvalue weighted by Gasteiger charge is -2.24. The maximum atomic E-state index is 11.9. The maximum absolute atomic E-state index is 11.9. The van der Waals surface area contributed by atoms with Crippen LogP contribution in [0.5, 0.6) is 5.75 Å². The zero-order valence-corrected chi connectivity index (χ0v) is 19.2. The minimum atomic E-state index is 0.0752. The van der Waals surface area contributed by atoms with E-state index in [4.69, 9.17) is 15.9 Å². The molecule has 0 saturated heterocycles. The first kappa shape index (κ1) is 22.0. The van der Waals surface area contributed by atoms with Crippen LogP contribution in [0.2, 0.25) is 0 Å². The molecule has 0 radical (unpaired) electrons. The SMILES string of the molecule is COc1cc(N)c(C=N)cc1Nc1ncnc2sc3c(c12)CCC(NCC(=O)N(C)C)C3. The van der Waals surface area contributed by atoms with Crippen LogP contribution in [-0.4, -0.2) is 60.8 Å². The van der Waals surface area contributed by atoms with Gasteiger partial charge in [-0.2, -0.15) is 0 Å². The lowest BCUT2D eigenvalue weighted by atomic mass is 9.93. The van der Waals surface area contributed by atoms with Gasteiger partial charge in [-0.05, 0) is 30.9 Å². The molecule has 0 aliphatic heterocycles. The summed E-state index contributed by atoms with van der Waals surface area (Å²) in [4.78, 5) is 24.7. The molecule has 2 aromatic heterocycles. The summed E-state index contributed by atoms with van der Waals surface area (Å²) in [5.41, 5.74) is 9.03. The molecule has 2 heterocycles. The number of fused-ring (bicyclic) bond motifs is 3. The van der Waals surface area contributed by atoms with Gasteiger partial charge in [-0.25, -0.2) is 9.97 Å². The van der Waals surface area contributed by atoms with Gasteiger partial charge in [0.05, 0.1) is 24.7 Å². The topological polar surface area (TPSA) is 129 Å². The van der Waals surface area contributed by atoms with Crippen LogP contribution in [0.25, 0.3) is 10.2 Å². The number of carbonyl (C=O) groups is 1. The number of likely N-dealkylation sites (N-methyl/N-ethyl adjacent to an activating group) is 1. The van der Waals surface area contributed by atoms with E-state index in [-0.39, 0.29) is 11.9 Å². The van der Waals surface area contributed by atoms with Crippen molar-refractivity contribution >= 4 is 50.9 Å². The number of thiophene rings is 1. The number of anilines is 3. The molecule has 5 N–H and O–H groups in total. The summed E-state index contributed by atoms with van der Waals surface area (Å²) < 4.78 is 5.48.